The molecule has 1 unspecified atom stereocenters. The Morgan fingerprint density at radius 2 is 1.83 bits per heavy atom. The first-order valence-electron chi connectivity index (χ1n) is 11.5. The van der Waals surface area contributed by atoms with Gasteiger partial charge in [-0.1, -0.05) is 65.3 Å². The van der Waals surface area contributed by atoms with Crippen LogP contribution < -0.4 is 10.1 Å². The number of methoxy groups -OCH3 is 1. The van der Waals surface area contributed by atoms with Crippen LogP contribution in [-0.2, 0) is 6.54 Å². The van der Waals surface area contributed by atoms with Crippen LogP contribution in [0.4, 0.5) is 9.18 Å². The second kappa shape index (κ2) is 9.65. The molecule has 3 aromatic carbocycles. The van der Waals surface area contributed by atoms with Crippen LogP contribution in [0.15, 0.2) is 83.0 Å². The smallest absolute Gasteiger partial charge is 0.322 e. The predicted octanol–water partition coefficient (Wildman–Crippen LogP) is 5.89. The Morgan fingerprint density at radius 1 is 1.06 bits per heavy atom. The first-order chi connectivity index (χ1) is 17.4. The van der Waals surface area contributed by atoms with Crippen molar-refractivity contribution in [2.24, 2.45) is 0 Å². The van der Waals surface area contributed by atoms with Gasteiger partial charge in [0.05, 0.1) is 25.3 Å². The molecule has 7 nitrogen and oxygen atoms in total. The molecule has 1 aromatic heterocycles. The summed E-state index contributed by atoms with van der Waals surface area (Å²) < 4.78 is 25.3. The molecule has 4 aromatic rings. The summed E-state index contributed by atoms with van der Waals surface area (Å²) >= 11 is 0. The van der Waals surface area contributed by atoms with Crippen LogP contribution in [0, 0.1) is 12.7 Å². The average Bonchev–Trinajstić information content (AvgIpc) is 3.36. The molecule has 0 spiro atoms. The minimum absolute atomic E-state index is 0.252. The molecular formula is C28H25FN4O3. The predicted molar refractivity (Wildman–Crippen MR) is 133 cm³/mol. The lowest BCUT2D eigenvalue weighted by atomic mass is 9.94. The van der Waals surface area contributed by atoms with Gasteiger partial charge in [-0.2, -0.15) is 4.98 Å². The van der Waals surface area contributed by atoms with Gasteiger partial charge in [0.15, 0.2) is 0 Å². The molecule has 1 aliphatic rings. The lowest BCUT2D eigenvalue weighted by molar-refractivity contribution is 0.202. The number of halogens is 1. The summed E-state index contributed by atoms with van der Waals surface area (Å²) in [6.07, 6.45) is 0. The Labute approximate surface area is 208 Å². The van der Waals surface area contributed by atoms with Crippen LogP contribution in [0.2, 0.25) is 0 Å². The highest BCUT2D eigenvalue weighted by molar-refractivity contribution is 5.87. The normalized spacial score (nSPS) is 15.7. The van der Waals surface area contributed by atoms with Crippen molar-refractivity contribution in [2.45, 2.75) is 26.4 Å². The van der Waals surface area contributed by atoms with E-state index in [-0.39, 0.29) is 18.5 Å². The highest BCUT2D eigenvalue weighted by Crippen LogP contribution is 2.38. The number of nitrogens with zero attached hydrogens (tertiary/aromatic N) is 3. The van der Waals surface area contributed by atoms with Crippen molar-refractivity contribution >= 4 is 11.6 Å². The number of aryl methyl sites for hydroxylation is 1. The monoisotopic (exact) mass is 484 g/mol. The van der Waals surface area contributed by atoms with Gasteiger partial charge in [-0.3, -0.25) is 4.90 Å². The minimum atomic E-state index is -0.673. The number of hydrogen-bond donors (Lipinski definition) is 1. The Hall–Kier alpha value is -4.46. The van der Waals surface area contributed by atoms with Crippen LogP contribution >= 0.6 is 0 Å². The summed E-state index contributed by atoms with van der Waals surface area (Å²) in [5, 5.41) is 7.18. The summed E-state index contributed by atoms with van der Waals surface area (Å²) in [4.78, 5) is 19.5. The number of hydrogen-bond acceptors (Lipinski definition) is 5. The number of aromatic nitrogens is 2. The minimum Gasteiger partial charge on any atom is -0.496 e. The maximum Gasteiger partial charge on any atom is 0.322 e. The molecule has 2 heterocycles. The first-order valence-corrected chi connectivity index (χ1v) is 11.5. The van der Waals surface area contributed by atoms with Crippen molar-refractivity contribution in [3.05, 3.63) is 107 Å². The number of para-hydroxylation sites is 1. The maximum atomic E-state index is 14.1. The molecule has 182 valence electrons. The third-order valence-corrected chi connectivity index (χ3v) is 6.27. The van der Waals surface area contributed by atoms with Gasteiger partial charge in [-0.15, -0.1) is 0 Å². The van der Waals surface area contributed by atoms with Gasteiger partial charge >= 0.3 is 6.03 Å². The molecule has 0 saturated heterocycles. The molecule has 1 aliphatic heterocycles. The largest absolute Gasteiger partial charge is 0.496 e. The number of allylic oxidation sites excluding steroid dienone is 1. The van der Waals surface area contributed by atoms with Crippen LogP contribution in [0.1, 0.15) is 35.5 Å². The van der Waals surface area contributed by atoms with Gasteiger partial charge in [-0.05, 0) is 37.6 Å². The number of benzene rings is 3. The number of urea groups is 1. The standard InChI is InChI=1S/C28H25FN4O3/c1-17-11-13-19(14-12-17)26-31-27(36-32-26)24-18(2)33(16-21-7-4-5-10-23(21)35-3)28(34)30-25(24)20-8-6-9-22(29)15-20/h4-15,25H,16H2,1-3H3,(H,30,34). The third kappa shape index (κ3) is 4.45. The van der Waals surface area contributed by atoms with Gasteiger partial charge < -0.3 is 14.6 Å². The second-order valence-corrected chi connectivity index (χ2v) is 8.62. The van der Waals surface area contributed by atoms with Gasteiger partial charge in [0.1, 0.15) is 11.6 Å². The molecule has 1 N–H and O–H groups in total. The molecule has 5 rings (SSSR count). The molecule has 8 heteroatoms. The highest BCUT2D eigenvalue weighted by Gasteiger charge is 2.36. The van der Waals surface area contributed by atoms with E-state index in [1.807, 2.05) is 62.4 Å². The van der Waals surface area contributed by atoms with Crippen molar-refractivity contribution < 1.29 is 18.4 Å². The Bertz CT molecular complexity index is 1450. The van der Waals surface area contributed by atoms with E-state index in [4.69, 9.17) is 9.26 Å². The van der Waals surface area contributed by atoms with Gasteiger partial charge in [0.25, 0.3) is 5.89 Å². The Balaban J connectivity index is 1.61. The second-order valence-electron chi connectivity index (χ2n) is 8.62. The van der Waals surface area contributed by atoms with E-state index in [9.17, 15) is 9.18 Å². The van der Waals surface area contributed by atoms with Gasteiger partial charge in [-0.25, -0.2) is 9.18 Å². The molecule has 0 fully saturated rings. The molecule has 1 atom stereocenters. The number of amides is 2. The average molecular weight is 485 g/mol. The fourth-order valence-electron chi connectivity index (χ4n) is 4.34. The fraction of sp³-hybridized carbons (Fsp3) is 0.179. The third-order valence-electron chi connectivity index (χ3n) is 6.27. The lowest BCUT2D eigenvalue weighted by Gasteiger charge is -2.35. The zero-order chi connectivity index (χ0) is 25.2. The SMILES string of the molecule is COc1ccccc1CN1C(=O)NC(c2cccc(F)c2)C(c2nc(-c3ccc(C)cc3)no2)=C1C. The summed E-state index contributed by atoms with van der Waals surface area (Å²) in [7, 11) is 1.59. The van der Waals surface area contributed by atoms with Crippen LogP contribution in [0.3, 0.4) is 0 Å². The van der Waals surface area contributed by atoms with Crippen LogP contribution in [0.5, 0.6) is 5.75 Å². The molecule has 0 bridgehead atoms. The number of ether oxygens (including phenoxy) is 1. The first kappa shape index (κ1) is 23.3. The number of carbonyl (C=O) groups is 1. The Morgan fingerprint density at radius 3 is 2.58 bits per heavy atom. The van der Waals surface area contributed by atoms with E-state index in [2.05, 4.69) is 15.5 Å². The number of rotatable bonds is 6. The van der Waals surface area contributed by atoms with E-state index in [1.165, 1.54) is 12.1 Å². The zero-order valence-electron chi connectivity index (χ0n) is 20.2. The highest BCUT2D eigenvalue weighted by atomic mass is 19.1. The van der Waals surface area contributed by atoms with E-state index in [0.29, 0.717) is 28.4 Å². The summed E-state index contributed by atoms with van der Waals surface area (Å²) in [5.74, 6) is 0.950. The van der Waals surface area contributed by atoms with Gasteiger partial charge in [0.2, 0.25) is 5.82 Å². The summed E-state index contributed by atoms with van der Waals surface area (Å²) in [5.41, 5.74) is 4.56. The fourth-order valence-corrected chi connectivity index (χ4v) is 4.34. The molecular weight excluding hydrogens is 459 g/mol. The topological polar surface area (TPSA) is 80.5 Å². The quantitative estimate of drug-likeness (QED) is 0.369. The number of nitrogens with one attached hydrogen (secondary N) is 1. The van der Waals surface area contributed by atoms with Crippen LogP contribution in [-0.4, -0.2) is 28.2 Å². The maximum absolute atomic E-state index is 14.1. The molecule has 0 radical (unpaired) electrons. The van der Waals surface area contributed by atoms with Crippen molar-refractivity contribution in [3.63, 3.8) is 0 Å². The molecule has 2 amide bonds. The van der Waals surface area contributed by atoms with Gasteiger partial charge in [0, 0.05) is 16.8 Å². The zero-order valence-corrected chi connectivity index (χ0v) is 20.2. The Kier molecular flexibility index (Phi) is 6.25. The molecule has 0 aliphatic carbocycles. The van der Waals surface area contributed by atoms with Crippen molar-refractivity contribution in [3.8, 4) is 17.1 Å². The summed E-state index contributed by atoms with van der Waals surface area (Å²) in [6.45, 7) is 4.09. The van der Waals surface area contributed by atoms with Crippen molar-refractivity contribution in [1.29, 1.82) is 0 Å². The van der Waals surface area contributed by atoms with E-state index < -0.39 is 11.9 Å². The van der Waals surface area contributed by atoms with E-state index in [1.54, 1.807) is 24.1 Å². The lowest BCUT2D eigenvalue weighted by Crippen LogP contribution is -2.45. The van der Waals surface area contributed by atoms with E-state index in [0.717, 1.165) is 16.7 Å². The van der Waals surface area contributed by atoms with E-state index >= 15 is 0 Å². The summed E-state index contributed by atoms with van der Waals surface area (Å²) in [6, 6.07) is 20.4. The van der Waals surface area contributed by atoms with Crippen molar-refractivity contribution in [2.75, 3.05) is 7.11 Å². The molecule has 36 heavy (non-hydrogen) atoms. The molecule has 0 saturated carbocycles. The van der Waals surface area contributed by atoms with Crippen LogP contribution in [0.25, 0.3) is 17.0 Å². The number of carbonyl (C=O) groups excluding carboxylic acids is 1. The van der Waals surface area contributed by atoms with Crippen molar-refractivity contribution in [1.82, 2.24) is 20.4 Å².